The van der Waals surface area contributed by atoms with Gasteiger partial charge in [-0.2, -0.15) is 5.10 Å². The van der Waals surface area contributed by atoms with Crippen LogP contribution in [-0.4, -0.2) is 35.2 Å². The fraction of sp³-hybridized carbons (Fsp3) is 0.235. The molecule has 0 aliphatic rings. The van der Waals surface area contributed by atoms with E-state index in [9.17, 15) is 9.59 Å². The van der Waals surface area contributed by atoms with Crippen LogP contribution in [0.25, 0.3) is 10.2 Å². The maximum atomic E-state index is 12.2. The van der Waals surface area contributed by atoms with Crippen molar-refractivity contribution in [3.8, 4) is 0 Å². The fourth-order valence-electron chi connectivity index (χ4n) is 2.46. The average Bonchev–Trinajstić information content (AvgIpc) is 3.16. The Morgan fingerprint density at radius 3 is 2.80 bits per heavy atom. The van der Waals surface area contributed by atoms with Crippen LogP contribution >= 0.6 is 22.9 Å². The van der Waals surface area contributed by atoms with Gasteiger partial charge in [-0.05, 0) is 24.6 Å². The second-order valence-corrected chi connectivity index (χ2v) is 6.96. The number of likely N-dealkylation sites (N-methyl/N-ethyl adjacent to an activating group) is 1. The van der Waals surface area contributed by atoms with Gasteiger partial charge in [0, 0.05) is 17.5 Å². The van der Waals surface area contributed by atoms with Crippen molar-refractivity contribution in [2.24, 2.45) is 0 Å². The van der Waals surface area contributed by atoms with Crippen molar-refractivity contribution in [1.82, 2.24) is 20.4 Å². The zero-order valence-electron chi connectivity index (χ0n) is 13.8. The molecule has 2 N–H and O–H groups in total. The molecule has 1 aromatic carbocycles. The molecule has 2 amide bonds. The second-order valence-electron chi connectivity index (χ2n) is 5.52. The summed E-state index contributed by atoms with van der Waals surface area (Å²) < 4.78 is 1.85. The lowest BCUT2D eigenvalue weighted by atomic mass is 10.2. The zero-order valence-corrected chi connectivity index (χ0v) is 15.4. The fourth-order valence-corrected chi connectivity index (χ4v) is 3.73. The Hall–Kier alpha value is -2.38. The molecule has 0 bridgehead atoms. The molecule has 0 aliphatic heterocycles. The number of aryl methyl sites for hydroxylation is 1. The highest BCUT2D eigenvalue weighted by Gasteiger charge is 2.17. The van der Waals surface area contributed by atoms with Crippen LogP contribution in [0.4, 0.5) is 0 Å². The third-order valence-electron chi connectivity index (χ3n) is 3.80. The number of hydrogen-bond donors (Lipinski definition) is 2. The first kappa shape index (κ1) is 17.4. The van der Waals surface area contributed by atoms with Crippen molar-refractivity contribution >= 4 is 45.0 Å². The molecule has 2 aromatic heterocycles. The molecule has 6 nitrogen and oxygen atoms in total. The van der Waals surface area contributed by atoms with Crippen LogP contribution in [0.1, 0.15) is 20.9 Å². The van der Waals surface area contributed by atoms with Gasteiger partial charge < -0.3 is 10.6 Å². The highest BCUT2D eigenvalue weighted by molar-refractivity contribution is 7.20. The first-order valence-corrected chi connectivity index (χ1v) is 8.88. The molecule has 0 atom stereocenters. The number of amides is 2. The molecule has 3 aromatic rings. The number of nitrogens with one attached hydrogen (secondary N) is 2. The molecule has 25 heavy (non-hydrogen) atoms. The van der Waals surface area contributed by atoms with Gasteiger partial charge in [-0.1, -0.05) is 29.8 Å². The van der Waals surface area contributed by atoms with Crippen LogP contribution in [0.5, 0.6) is 0 Å². The van der Waals surface area contributed by atoms with Crippen molar-refractivity contribution in [2.75, 3.05) is 13.6 Å². The standard InChI is InChI=1S/C17H17ClN4O2S/c1-10-12-7-14(16(24)20-8-15(23)19-2)25-17(12)22(21-10)9-11-5-3-4-6-13(11)18/h3-7H,8-9H2,1-2H3,(H,19,23)(H,20,24). The monoisotopic (exact) mass is 376 g/mol. The van der Waals surface area contributed by atoms with Gasteiger partial charge in [0.1, 0.15) is 4.83 Å². The third-order valence-corrected chi connectivity index (χ3v) is 5.31. The van der Waals surface area contributed by atoms with Gasteiger partial charge in [0.2, 0.25) is 5.91 Å². The summed E-state index contributed by atoms with van der Waals surface area (Å²) in [5.41, 5.74) is 1.82. The summed E-state index contributed by atoms with van der Waals surface area (Å²) in [6, 6.07) is 9.42. The normalized spacial score (nSPS) is 10.8. The van der Waals surface area contributed by atoms with Crippen molar-refractivity contribution in [3.63, 3.8) is 0 Å². The van der Waals surface area contributed by atoms with E-state index in [1.165, 1.54) is 18.4 Å². The molecule has 0 saturated carbocycles. The minimum absolute atomic E-state index is 0.0473. The van der Waals surface area contributed by atoms with E-state index in [-0.39, 0.29) is 18.4 Å². The van der Waals surface area contributed by atoms with E-state index in [0.717, 1.165) is 21.5 Å². The van der Waals surface area contributed by atoms with Crippen LogP contribution in [0, 0.1) is 6.92 Å². The van der Waals surface area contributed by atoms with Crippen LogP contribution < -0.4 is 10.6 Å². The van der Waals surface area contributed by atoms with E-state index in [1.54, 1.807) is 0 Å². The van der Waals surface area contributed by atoms with E-state index in [0.29, 0.717) is 16.4 Å². The van der Waals surface area contributed by atoms with Gasteiger partial charge >= 0.3 is 0 Å². The van der Waals surface area contributed by atoms with Crippen LogP contribution in [0.15, 0.2) is 30.3 Å². The maximum Gasteiger partial charge on any atom is 0.261 e. The molecular weight excluding hydrogens is 360 g/mol. The number of fused-ring (bicyclic) bond motifs is 1. The topological polar surface area (TPSA) is 76.0 Å². The lowest BCUT2D eigenvalue weighted by Crippen LogP contribution is -2.34. The second kappa shape index (κ2) is 7.25. The molecule has 0 radical (unpaired) electrons. The Morgan fingerprint density at radius 2 is 2.08 bits per heavy atom. The van der Waals surface area contributed by atoms with Crippen LogP contribution in [-0.2, 0) is 11.3 Å². The third kappa shape index (κ3) is 3.67. The lowest BCUT2D eigenvalue weighted by Gasteiger charge is -2.05. The Morgan fingerprint density at radius 1 is 1.32 bits per heavy atom. The Balaban J connectivity index is 1.87. The van der Waals surface area contributed by atoms with Gasteiger partial charge in [0.05, 0.1) is 23.7 Å². The summed E-state index contributed by atoms with van der Waals surface area (Å²) in [5.74, 6) is -0.510. The molecule has 2 heterocycles. The number of carbonyl (C=O) groups excluding carboxylic acids is 2. The number of halogens is 1. The number of rotatable bonds is 5. The summed E-state index contributed by atoms with van der Waals surface area (Å²) in [6.07, 6.45) is 0. The number of carbonyl (C=O) groups is 2. The van der Waals surface area contributed by atoms with Gasteiger partial charge in [-0.3, -0.25) is 14.3 Å². The molecule has 0 spiro atoms. The predicted molar refractivity (Wildman–Crippen MR) is 99.3 cm³/mol. The molecule has 0 unspecified atom stereocenters. The van der Waals surface area contributed by atoms with Crippen molar-refractivity contribution in [2.45, 2.75) is 13.5 Å². The number of thiophene rings is 1. The molecule has 0 aliphatic carbocycles. The average molecular weight is 377 g/mol. The van der Waals surface area contributed by atoms with E-state index in [2.05, 4.69) is 15.7 Å². The Kier molecular flexibility index (Phi) is 5.06. The summed E-state index contributed by atoms with van der Waals surface area (Å²) in [7, 11) is 1.53. The van der Waals surface area contributed by atoms with Crippen LogP contribution in [0.2, 0.25) is 5.02 Å². The molecule has 3 rings (SSSR count). The summed E-state index contributed by atoms with van der Waals surface area (Å²) >= 11 is 7.58. The molecule has 8 heteroatoms. The quantitative estimate of drug-likeness (QED) is 0.718. The maximum absolute atomic E-state index is 12.2. The summed E-state index contributed by atoms with van der Waals surface area (Å²) in [6.45, 7) is 2.39. The van der Waals surface area contributed by atoms with Gasteiger partial charge in [-0.15, -0.1) is 11.3 Å². The van der Waals surface area contributed by atoms with E-state index >= 15 is 0 Å². The summed E-state index contributed by atoms with van der Waals surface area (Å²) in [4.78, 5) is 25.0. The van der Waals surface area contributed by atoms with Gasteiger partial charge in [0.25, 0.3) is 5.91 Å². The first-order valence-electron chi connectivity index (χ1n) is 7.68. The van der Waals surface area contributed by atoms with Crippen LogP contribution in [0.3, 0.4) is 0 Å². The molecular formula is C17H17ClN4O2S. The predicted octanol–water partition coefficient (Wildman–Crippen LogP) is 2.58. The largest absolute Gasteiger partial charge is 0.358 e. The molecule has 130 valence electrons. The van der Waals surface area contributed by atoms with Crippen molar-refractivity contribution in [1.29, 1.82) is 0 Å². The van der Waals surface area contributed by atoms with Crippen molar-refractivity contribution < 1.29 is 9.59 Å². The lowest BCUT2D eigenvalue weighted by molar-refractivity contribution is -0.119. The van der Waals surface area contributed by atoms with Gasteiger partial charge in [0.15, 0.2) is 0 Å². The highest BCUT2D eigenvalue weighted by atomic mass is 35.5. The van der Waals surface area contributed by atoms with Crippen molar-refractivity contribution in [3.05, 3.63) is 51.5 Å². The van der Waals surface area contributed by atoms with E-state index in [1.807, 2.05) is 41.9 Å². The molecule has 0 saturated heterocycles. The number of aromatic nitrogens is 2. The number of nitrogens with zero attached hydrogens (tertiary/aromatic N) is 2. The van der Waals surface area contributed by atoms with E-state index < -0.39 is 0 Å². The highest BCUT2D eigenvalue weighted by Crippen LogP contribution is 2.29. The van der Waals surface area contributed by atoms with E-state index in [4.69, 9.17) is 11.6 Å². The Bertz CT molecular complexity index is 947. The number of hydrogen-bond acceptors (Lipinski definition) is 4. The number of benzene rings is 1. The smallest absolute Gasteiger partial charge is 0.261 e. The molecule has 0 fully saturated rings. The minimum Gasteiger partial charge on any atom is -0.358 e. The Labute approximate surface area is 153 Å². The summed E-state index contributed by atoms with van der Waals surface area (Å²) in [5, 5.41) is 11.2. The zero-order chi connectivity index (χ0) is 18.0. The van der Waals surface area contributed by atoms with Gasteiger partial charge in [-0.25, -0.2) is 0 Å². The minimum atomic E-state index is -0.270. The first-order chi connectivity index (χ1) is 12.0. The SMILES string of the molecule is CNC(=O)CNC(=O)c1cc2c(C)nn(Cc3ccccc3Cl)c2s1.